The Morgan fingerprint density at radius 2 is 2.05 bits per heavy atom. The lowest BCUT2D eigenvalue weighted by molar-refractivity contribution is 0.299. The Morgan fingerprint density at radius 3 is 2.68 bits per heavy atom. The van der Waals surface area contributed by atoms with Crippen LogP contribution >= 0.6 is 11.6 Å². The zero-order chi connectivity index (χ0) is 13.5. The van der Waals surface area contributed by atoms with Crippen molar-refractivity contribution in [1.29, 1.82) is 0 Å². The van der Waals surface area contributed by atoms with E-state index in [0.29, 0.717) is 11.3 Å². The summed E-state index contributed by atoms with van der Waals surface area (Å²) in [4.78, 5) is 2.60. The molecule has 104 valence electrons. The number of likely N-dealkylation sites (tertiary alicyclic amines) is 1. The standard InChI is InChI=1S/C17H24ClN/c1-13(2)14-4-6-15(7-5-14)17-10-16(17)11-19(12-17)9-3-8-18/h4-7,13,16H,3,8-12H2,1-2H3/t16-,17+/m0/s1. The predicted molar refractivity (Wildman–Crippen MR) is 82.1 cm³/mol. The molecule has 0 N–H and O–H groups in total. The lowest BCUT2D eigenvalue weighted by Crippen LogP contribution is -2.27. The van der Waals surface area contributed by atoms with E-state index >= 15 is 0 Å². The Morgan fingerprint density at radius 1 is 1.32 bits per heavy atom. The van der Waals surface area contributed by atoms with Crippen LogP contribution in [0.4, 0.5) is 0 Å². The average Bonchev–Trinajstić information content (AvgIpc) is 3.00. The molecular formula is C17H24ClN. The molecule has 1 aromatic rings. The maximum Gasteiger partial charge on any atom is 0.0235 e. The first kappa shape index (κ1) is 13.5. The molecule has 2 aliphatic rings. The van der Waals surface area contributed by atoms with Crippen molar-refractivity contribution < 1.29 is 0 Å². The first-order chi connectivity index (χ1) is 9.15. The summed E-state index contributed by atoms with van der Waals surface area (Å²) >= 11 is 5.80. The molecule has 0 aromatic heterocycles. The van der Waals surface area contributed by atoms with Crippen LogP contribution in [0.1, 0.15) is 43.7 Å². The SMILES string of the molecule is CC(C)c1ccc([C@]23C[C@H]2CN(CCCCl)C3)cc1. The van der Waals surface area contributed by atoms with Gasteiger partial charge in [0.1, 0.15) is 0 Å². The predicted octanol–water partition coefficient (Wildman–Crippen LogP) is 4.01. The number of rotatable bonds is 5. The Kier molecular flexibility index (Phi) is 3.61. The Balaban J connectivity index is 1.70. The Bertz CT molecular complexity index is 439. The van der Waals surface area contributed by atoms with Gasteiger partial charge in [0.2, 0.25) is 0 Å². The summed E-state index contributed by atoms with van der Waals surface area (Å²) in [6.07, 6.45) is 2.52. The van der Waals surface area contributed by atoms with Crippen molar-refractivity contribution in [2.45, 2.75) is 38.0 Å². The van der Waals surface area contributed by atoms with Crippen LogP contribution in [0.2, 0.25) is 0 Å². The first-order valence-corrected chi connectivity index (χ1v) is 8.08. The highest BCUT2D eigenvalue weighted by molar-refractivity contribution is 6.17. The normalized spacial score (nSPS) is 29.8. The quantitative estimate of drug-likeness (QED) is 0.735. The van der Waals surface area contributed by atoms with Gasteiger partial charge in [0, 0.05) is 24.4 Å². The number of alkyl halides is 1. The van der Waals surface area contributed by atoms with Gasteiger partial charge in [-0.1, -0.05) is 38.1 Å². The second kappa shape index (κ2) is 5.10. The first-order valence-electron chi connectivity index (χ1n) is 7.54. The van der Waals surface area contributed by atoms with Crippen molar-refractivity contribution in [3.05, 3.63) is 35.4 Å². The molecule has 0 bridgehead atoms. The topological polar surface area (TPSA) is 3.24 Å². The minimum absolute atomic E-state index is 0.488. The van der Waals surface area contributed by atoms with E-state index in [9.17, 15) is 0 Å². The largest absolute Gasteiger partial charge is 0.302 e. The molecule has 19 heavy (non-hydrogen) atoms. The number of fused-ring (bicyclic) bond motifs is 1. The lowest BCUT2D eigenvalue weighted by atomic mass is 9.92. The van der Waals surface area contributed by atoms with Gasteiger partial charge in [-0.2, -0.15) is 0 Å². The highest BCUT2D eigenvalue weighted by atomic mass is 35.5. The van der Waals surface area contributed by atoms with Crippen molar-refractivity contribution in [3.8, 4) is 0 Å². The van der Waals surface area contributed by atoms with Gasteiger partial charge >= 0.3 is 0 Å². The maximum atomic E-state index is 5.80. The third-order valence-electron chi connectivity index (χ3n) is 4.98. The van der Waals surface area contributed by atoms with Crippen LogP contribution in [-0.4, -0.2) is 30.4 Å². The van der Waals surface area contributed by atoms with E-state index in [2.05, 4.69) is 43.0 Å². The molecule has 0 unspecified atom stereocenters. The molecule has 0 amide bonds. The summed E-state index contributed by atoms with van der Waals surface area (Å²) in [6, 6.07) is 9.40. The molecule has 2 atom stereocenters. The monoisotopic (exact) mass is 277 g/mol. The molecule has 1 aliphatic heterocycles. The summed E-state index contributed by atoms with van der Waals surface area (Å²) in [7, 11) is 0. The van der Waals surface area contributed by atoms with E-state index < -0.39 is 0 Å². The van der Waals surface area contributed by atoms with Crippen molar-refractivity contribution >= 4 is 11.6 Å². The Labute approximate surface area is 121 Å². The lowest BCUT2D eigenvalue weighted by Gasteiger charge is -2.21. The van der Waals surface area contributed by atoms with E-state index in [1.165, 1.54) is 31.6 Å². The van der Waals surface area contributed by atoms with Crippen LogP contribution in [0, 0.1) is 5.92 Å². The minimum atomic E-state index is 0.488. The summed E-state index contributed by atoms with van der Waals surface area (Å²) in [5.41, 5.74) is 3.51. The van der Waals surface area contributed by atoms with E-state index in [1.807, 2.05) is 0 Å². The van der Waals surface area contributed by atoms with E-state index in [-0.39, 0.29) is 0 Å². The van der Waals surface area contributed by atoms with Gasteiger partial charge in [-0.25, -0.2) is 0 Å². The second-order valence-corrected chi connectivity index (χ2v) is 6.99. The number of halogens is 1. The summed E-state index contributed by atoms with van der Waals surface area (Å²) in [6.45, 7) is 8.22. The average molecular weight is 278 g/mol. The van der Waals surface area contributed by atoms with Gasteiger partial charge in [-0.3, -0.25) is 0 Å². The molecule has 3 rings (SSSR count). The smallest absolute Gasteiger partial charge is 0.0235 e. The van der Waals surface area contributed by atoms with E-state index in [1.54, 1.807) is 5.56 Å². The number of benzene rings is 1. The van der Waals surface area contributed by atoms with Crippen molar-refractivity contribution in [3.63, 3.8) is 0 Å². The van der Waals surface area contributed by atoms with Gasteiger partial charge in [0.15, 0.2) is 0 Å². The molecule has 1 heterocycles. The number of piperidine rings is 1. The fraction of sp³-hybridized carbons (Fsp3) is 0.647. The maximum absolute atomic E-state index is 5.80. The van der Waals surface area contributed by atoms with Gasteiger partial charge in [0.05, 0.1) is 0 Å². The highest BCUT2D eigenvalue weighted by Crippen LogP contribution is 2.58. The minimum Gasteiger partial charge on any atom is -0.302 e. The third kappa shape index (κ3) is 2.43. The summed E-state index contributed by atoms with van der Waals surface area (Å²) < 4.78 is 0. The van der Waals surface area contributed by atoms with Crippen LogP contribution in [0.5, 0.6) is 0 Å². The molecule has 0 radical (unpaired) electrons. The van der Waals surface area contributed by atoms with Crippen LogP contribution in [-0.2, 0) is 5.41 Å². The number of nitrogens with zero attached hydrogens (tertiary/aromatic N) is 1. The second-order valence-electron chi connectivity index (χ2n) is 6.61. The van der Waals surface area contributed by atoms with Crippen molar-refractivity contribution in [2.75, 3.05) is 25.5 Å². The van der Waals surface area contributed by atoms with Gasteiger partial charge in [0.25, 0.3) is 0 Å². The van der Waals surface area contributed by atoms with Crippen LogP contribution in [0.3, 0.4) is 0 Å². The van der Waals surface area contributed by atoms with Crippen LogP contribution in [0.25, 0.3) is 0 Å². The fourth-order valence-electron chi connectivity index (χ4n) is 3.69. The van der Waals surface area contributed by atoms with Gasteiger partial charge < -0.3 is 4.90 Å². The van der Waals surface area contributed by atoms with Crippen molar-refractivity contribution in [2.24, 2.45) is 5.92 Å². The molecule has 1 saturated carbocycles. The molecule has 1 aliphatic carbocycles. The van der Waals surface area contributed by atoms with Crippen LogP contribution < -0.4 is 0 Å². The molecule has 1 nitrogen and oxygen atoms in total. The van der Waals surface area contributed by atoms with Gasteiger partial charge in [-0.05, 0) is 42.3 Å². The number of hydrogen-bond donors (Lipinski definition) is 0. The fourth-order valence-corrected chi connectivity index (χ4v) is 3.81. The van der Waals surface area contributed by atoms with Crippen molar-refractivity contribution in [1.82, 2.24) is 4.90 Å². The van der Waals surface area contributed by atoms with Crippen LogP contribution in [0.15, 0.2) is 24.3 Å². The highest BCUT2D eigenvalue weighted by Gasteiger charge is 2.60. The molecule has 2 fully saturated rings. The van der Waals surface area contributed by atoms with E-state index in [0.717, 1.165) is 18.2 Å². The molecular weight excluding hydrogens is 254 g/mol. The molecule has 0 spiro atoms. The molecule has 1 saturated heterocycles. The third-order valence-corrected chi connectivity index (χ3v) is 5.24. The number of hydrogen-bond acceptors (Lipinski definition) is 1. The molecule has 1 aromatic carbocycles. The Hall–Kier alpha value is -0.530. The zero-order valence-electron chi connectivity index (χ0n) is 12.0. The van der Waals surface area contributed by atoms with E-state index in [4.69, 9.17) is 11.6 Å². The summed E-state index contributed by atoms with van der Waals surface area (Å²) in [5.74, 6) is 2.31. The zero-order valence-corrected chi connectivity index (χ0v) is 12.8. The summed E-state index contributed by atoms with van der Waals surface area (Å²) in [5, 5.41) is 0. The molecule has 2 heteroatoms. The van der Waals surface area contributed by atoms with Gasteiger partial charge in [-0.15, -0.1) is 11.6 Å².